The minimum atomic E-state index is -0.857. The molecule has 0 spiro atoms. The fourth-order valence-electron chi connectivity index (χ4n) is 0.909. The van der Waals surface area contributed by atoms with Crippen LogP contribution in [-0.2, 0) is 19.2 Å². The highest BCUT2D eigenvalue weighted by Gasteiger charge is 2.15. The first-order valence-corrected chi connectivity index (χ1v) is 4.31. The Kier molecular flexibility index (Phi) is 6.52. The van der Waals surface area contributed by atoms with Crippen LogP contribution < -0.4 is 16.4 Å². The van der Waals surface area contributed by atoms with Gasteiger partial charge >= 0.3 is 0 Å². The molecule has 0 aromatic carbocycles. The SMILES string of the molecule is NC(=O)[C@H](CCC(=O)NCC=O)NC=O. The van der Waals surface area contributed by atoms with E-state index in [2.05, 4.69) is 10.6 Å². The summed E-state index contributed by atoms with van der Waals surface area (Å²) in [5.41, 5.74) is 4.96. The molecule has 0 aromatic rings. The van der Waals surface area contributed by atoms with E-state index in [4.69, 9.17) is 5.73 Å². The second-order valence-electron chi connectivity index (χ2n) is 2.75. The van der Waals surface area contributed by atoms with Gasteiger partial charge in [-0.15, -0.1) is 0 Å². The Morgan fingerprint density at radius 3 is 2.47 bits per heavy atom. The summed E-state index contributed by atoms with van der Waals surface area (Å²) in [6.07, 6.45) is 1.02. The molecule has 0 bridgehead atoms. The predicted octanol–water partition coefficient (Wildman–Crippen LogP) is -2.32. The van der Waals surface area contributed by atoms with Gasteiger partial charge in [-0.3, -0.25) is 14.4 Å². The second kappa shape index (κ2) is 7.48. The summed E-state index contributed by atoms with van der Waals surface area (Å²) in [7, 11) is 0. The maximum absolute atomic E-state index is 11.0. The number of aldehydes is 1. The van der Waals surface area contributed by atoms with Gasteiger partial charge in [-0.1, -0.05) is 0 Å². The molecule has 15 heavy (non-hydrogen) atoms. The molecule has 0 aromatic heterocycles. The average molecular weight is 215 g/mol. The molecule has 84 valence electrons. The van der Waals surface area contributed by atoms with Crippen molar-refractivity contribution in [2.24, 2.45) is 5.73 Å². The largest absolute Gasteiger partial charge is 0.368 e. The number of rotatable bonds is 8. The highest BCUT2D eigenvalue weighted by Crippen LogP contribution is 1.95. The molecule has 0 aliphatic heterocycles. The zero-order valence-electron chi connectivity index (χ0n) is 8.06. The van der Waals surface area contributed by atoms with Gasteiger partial charge in [0.15, 0.2) is 0 Å². The lowest BCUT2D eigenvalue weighted by atomic mass is 10.1. The predicted molar refractivity (Wildman–Crippen MR) is 50.5 cm³/mol. The van der Waals surface area contributed by atoms with Crippen molar-refractivity contribution in [3.63, 3.8) is 0 Å². The molecule has 0 rings (SSSR count). The summed E-state index contributed by atoms with van der Waals surface area (Å²) in [4.78, 5) is 41.7. The van der Waals surface area contributed by atoms with E-state index in [1.165, 1.54) is 0 Å². The summed E-state index contributed by atoms with van der Waals surface area (Å²) in [5.74, 6) is -1.08. The molecule has 4 N–H and O–H groups in total. The van der Waals surface area contributed by atoms with Gasteiger partial charge in [-0.25, -0.2) is 0 Å². The van der Waals surface area contributed by atoms with Crippen LogP contribution in [0.1, 0.15) is 12.8 Å². The fourth-order valence-corrected chi connectivity index (χ4v) is 0.909. The quantitative estimate of drug-likeness (QED) is 0.394. The Labute approximate surface area is 86.4 Å². The number of nitrogens with one attached hydrogen (secondary N) is 2. The van der Waals surface area contributed by atoms with Crippen LogP contribution in [0.4, 0.5) is 0 Å². The van der Waals surface area contributed by atoms with Gasteiger partial charge in [0.05, 0.1) is 6.54 Å². The van der Waals surface area contributed by atoms with Crippen LogP contribution in [0.3, 0.4) is 0 Å². The minimum Gasteiger partial charge on any atom is -0.368 e. The Balaban J connectivity index is 3.87. The van der Waals surface area contributed by atoms with Gasteiger partial charge in [-0.2, -0.15) is 0 Å². The smallest absolute Gasteiger partial charge is 0.240 e. The molecule has 7 nitrogen and oxygen atoms in total. The van der Waals surface area contributed by atoms with Crippen molar-refractivity contribution in [1.29, 1.82) is 0 Å². The van der Waals surface area contributed by atoms with Gasteiger partial charge < -0.3 is 21.2 Å². The number of hydrogen-bond acceptors (Lipinski definition) is 4. The number of amides is 3. The Morgan fingerprint density at radius 2 is 2.00 bits per heavy atom. The molecular weight excluding hydrogens is 202 g/mol. The van der Waals surface area contributed by atoms with Crippen LogP contribution in [-0.4, -0.2) is 37.1 Å². The lowest BCUT2D eigenvalue weighted by Crippen LogP contribution is -2.41. The first-order valence-electron chi connectivity index (χ1n) is 4.31. The van der Waals surface area contributed by atoms with E-state index in [0.29, 0.717) is 12.7 Å². The molecule has 0 saturated heterocycles. The van der Waals surface area contributed by atoms with E-state index in [1.807, 2.05) is 0 Å². The van der Waals surface area contributed by atoms with Crippen LogP contribution in [0.2, 0.25) is 0 Å². The Hall–Kier alpha value is -1.92. The molecule has 0 fully saturated rings. The first-order chi connectivity index (χ1) is 7.11. The van der Waals surface area contributed by atoms with Gasteiger partial charge in [0.1, 0.15) is 12.3 Å². The van der Waals surface area contributed by atoms with E-state index in [9.17, 15) is 19.2 Å². The third-order valence-corrected chi connectivity index (χ3v) is 1.66. The van der Waals surface area contributed by atoms with Crippen molar-refractivity contribution in [2.45, 2.75) is 18.9 Å². The average Bonchev–Trinajstić information content (AvgIpc) is 2.20. The standard InChI is InChI=1S/C8H13N3O4/c9-8(15)6(11-5-13)1-2-7(14)10-3-4-12/h4-6H,1-3H2,(H2,9,15)(H,10,14)(H,11,13)/t6-/m0/s1. The third-order valence-electron chi connectivity index (χ3n) is 1.66. The van der Waals surface area contributed by atoms with Crippen molar-refractivity contribution in [2.75, 3.05) is 6.54 Å². The van der Waals surface area contributed by atoms with Crippen molar-refractivity contribution < 1.29 is 19.2 Å². The number of hydrogen-bond donors (Lipinski definition) is 3. The monoisotopic (exact) mass is 215 g/mol. The number of carbonyl (C=O) groups is 4. The summed E-state index contributed by atoms with van der Waals surface area (Å²) in [6.45, 7) is -0.0683. The molecule has 3 amide bonds. The molecule has 0 radical (unpaired) electrons. The molecule has 7 heteroatoms. The molecule has 0 aliphatic rings. The molecule has 0 aliphatic carbocycles. The van der Waals surface area contributed by atoms with Crippen molar-refractivity contribution >= 4 is 24.5 Å². The van der Waals surface area contributed by atoms with Crippen LogP contribution in [0, 0.1) is 0 Å². The topological polar surface area (TPSA) is 118 Å². The lowest BCUT2D eigenvalue weighted by molar-refractivity contribution is -0.124. The Bertz CT molecular complexity index is 254. The fraction of sp³-hybridized carbons (Fsp3) is 0.500. The third kappa shape index (κ3) is 6.19. The van der Waals surface area contributed by atoms with E-state index in [1.54, 1.807) is 0 Å². The minimum absolute atomic E-state index is 0.0162. The molecule has 0 heterocycles. The van der Waals surface area contributed by atoms with Crippen LogP contribution in [0.25, 0.3) is 0 Å². The van der Waals surface area contributed by atoms with Crippen molar-refractivity contribution in [1.82, 2.24) is 10.6 Å². The van der Waals surface area contributed by atoms with E-state index >= 15 is 0 Å². The van der Waals surface area contributed by atoms with Crippen molar-refractivity contribution in [3.8, 4) is 0 Å². The number of nitrogens with two attached hydrogens (primary N) is 1. The van der Waals surface area contributed by atoms with Crippen molar-refractivity contribution in [3.05, 3.63) is 0 Å². The lowest BCUT2D eigenvalue weighted by Gasteiger charge is -2.11. The normalized spacial score (nSPS) is 11.2. The van der Waals surface area contributed by atoms with Gasteiger partial charge in [0.25, 0.3) is 0 Å². The Morgan fingerprint density at radius 1 is 1.33 bits per heavy atom. The molecule has 1 atom stereocenters. The highest BCUT2D eigenvalue weighted by atomic mass is 16.2. The summed E-state index contributed by atoms with van der Waals surface area (Å²) < 4.78 is 0. The van der Waals surface area contributed by atoms with E-state index in [0.717, 1.165) is 0 Å². The van der Waals surface area contributed by atoms with Crippen LogP contribution >= 0.6 is 0 Å². The molecular formula is C8H13N3O4. The van der Waals surface area contributed by atoms with Crippen LogP contribution in [0.15, 0.2) is 0 Å². The summed E-state index contributed by atoms with van der Waals surface area (Å²) >= 11 is 0. The molecule has 0 saturated carbocycles. The zero-order valence-corrected chi connectivity index (χ0v) is 8.06. The van der Waals surface area contributed by atoms with E-state index < -0.39 is 11.9 Å². The first kappa shape index (κ1) is 13.1. The number of primary amides is 1. The van der Waals surface area contributed by atoms with Gasteiger partial charge in [0.2, 0.25) is 18.2 Å². The van der Waals surface area contributed by atoms with Gasteiger partial charge in [0, 0.05) is 6.42 Å². The number of carbonyl (C=O) groups excluding carboxylic acids is 4. The maximum atomic E-state index is 11.0. The van der Waals surface area contributed by atoms with E-state index in [-0.39, 0.29) is 25.3 Å². The van der Waals surface area contributed by atoms with Crippen LogP contribution in [0.5, 0.6) is 0 Å². The summed E-state index contributed by atoms with van der Waals surface area (Å²) in [5, 5.41) is 4.48. The summed E-state index contributed by atoms with van der Waals surface area (Å²) in [6, 6.07) is -0.857. The highest BCUT2D eigenvalue weighted by molar-refractivity contribution is 5.83. The van der Waals surface area contributed by atoms with Gasteiger partial charge in [-0.05, 0) is 6.42 Å². The molecule has 0 unspecified atom stereocenters. The second-order valence-corrected chi connectivity index (χ2v) is 2.75. The maximum Gasteiger partial charge on any atom is 0.240 e. The zero-order chi connectivity index (χ0) is 11.7.